The minimum atomic E-state index is -0.647. The monoisotopic (exact) mass is 270 g/mol. The van der Waals surface area contributed by atoms with Crippen LogP contribution in [0.25, 0.3) is 0 Å². The lowest BCUT2D eigenvalue weighted by atomic mass is 9.82. The van der Waals surface area contributed by atoms with Gasteiger partial charge in [-0.3, -0.25) is 14.9 Å². The summed E-state index contributed by atoms with van der Waals surface area (Å²) in [6, 6.07) is 2.75. The van der Waals surface area contributed by atoms with E-state index in [1.54, 1.807) is 6.20 Å². The molecule has 0 bridgehead atoms. The van der Waals surface area contributed by atoms with E-state index in [1.807, 2.05) is 0 Å². The van der Waals surface area contributed by atoms with Crippen LogP contribution in [0.2, 0.25) is 0 Å². The molecule has 1 rings (SSSR count). The van der Waals surface area contributed by atoms with E-state index in [4.69, 9.17) is 0 Å². The van der Waals surface area contributed by atoms with Crippen LogP contribution in [0.3, 0.4) is 0 Å². The highest BCUT2D eigenvalue weighted by Crippen LogP contribution is 2.28. The maximum Gasteiger partial charge on any atom is 0.334 e. The fraction of sp³-hybridized carbons (Fsp3) is 0.583. The fourth-order valence-corrected chi connectivity index (χ4v) is 2.31. The van der Waals surface area contributed by atoms with E-state index in [9.17, 15) is 14.9 Å². The maximum atomic E-state index is 11.9. The summed E-state index contributed by atoms with van der Waals surface area (Å²) in [5.41, 5.74) is -0.950. The zero-order chi connectivity index (χ0) is 13.9. The summed E-state index contributed by atoms with van der Waals surface area (Å²) in [7, 11) is 0. The van der Waals surface area contributed by atoms with Gasteiger partial charge in [0.2, 0.25) is 0 Å². The summed E-state index contributed by atoms with van der Waals surface area (Å²) < 4.78 is 1.39. The Morgan fingerprint density at radius 1 is 1.50 bits per heavy atom. The van der Waals surface area contributed by atoms with Crippen molar-refractivity contribution in [1.82, 2.24) is 4.57 Å². The van der Waals surface area contributed by atoms with Crippen LogP contribution in [0.15, 0.2) is 23.1 Å². The standard InChI is InChI=1S/C12H18N2O3S/c1-12(2,3)9(8-18)7-13-6-4-5-10(11(13)15)14(16)17/h4-6,9,18H,7-8H2,1-3H3. The van der Waals surface area contributed by atoms with E-state index in [-0.39, 0.29) is 17.0 Å². The SMILES string of the molecule is CC(C)(C)C(CS)Cn1cccc([N+](=O)[O-])c1=O. The van der Waals surface area contributed by atoms with Crippen LogP contribution < -0.4 is 5.56 Å². The summed E-state index contributed by atoms with van der Waals surface area (Å²) in [5, 5.41) is 10.7. The van der Waals surface area contributed by atoms with E-state index in [1.165, 1.54) is 16.7 Å². The second kappa shape index (κ2) is 5.56. The number of pyridine rings is 1. The average Bonchev–Trinajstić information content (AvgIpc) is 2.25. The Morgan fingerprint density at radius 2 is 2.11 bits per heavy atom. The van der Waals surface area contributed by atoms with Gasteiger partial charge in [-0.25, -0.2) is 0 Å². The Bertz CT molecular complexity index is 491. The van der Waals surface area contributed by atoms with E-state index in [0.29, 0.717) is 12.3 Å². The van der Waals surface area contributed by atoms with E-state index in [0.717, 1.165) is 0 Å². The highest BCUT2D eigenvalue weighted by atomic mass is 32.1. The van der Waals surface area contributed by atoms with Crippen molar-refractivity contribution in [1.29, 1.82) is 0 Å². The second-order valence-electron chi connectivity index (χ2n) is 5.35. The average molecular weight is 270 g/mol. The first-order valence-corrected chi connectivity index (χ1v) is 6.35. The third-order valence-corrected chi connectivity index (χ3v) is 3.50. The first-order chi connectivity index (χ1) is 8.27. The molecule has 0 aromatic carbocycles. The van der Waals surface area contributed by atoms with E-state index >= 15 is 0 Å². The number of nitro groups is 1. The molecule has 1 heterocycles. The molecule has 0 spiro atoms. The van der Waals surface area contributed by atoms with Crippen molar-refractivity contribution in [3.05, 3.63) is 38.8 Å². The Kier molecular flexibility index (Phi) is 4.56. The van der Waals surface area contributed by atoms with Gasteiger partial charge in [0.15, 0.2) is 0 Å². The number of thiol groups is 1. The van der Waals surface area contributed by atoms with Gasteiger partial charge in [-0.05, 0) is 23.2 Å². The largest absolute Gasteiger partial charge is 0.334 e. The molecule has 0 saturated heterocycles. The van der Waals surface area contributed by atoms with Gasteiger partial charge in [-0.1, -0.05) is 20.8 Å². The van der Waals surface area contributed by atoms with Crippen LogP contribution in [-0.2, 0) is 6.54 Å². The van der Waals surface area contributed by atoms with E-state index < -0.39 is 10.5 Å². The van der Waals surface area contributed by atoms with Gasteiger partial charge < -0.3 is 4.57 Å². The summed E-state index contributed by atoms with van der Waals surface area (Å²) in [6.07, 6.45) is 1.58. The minimum absolute atomic E-state index is 0.00812. The topological polar surface area (TPSA) is 65.1 Å². The Balaban J connectivity index is 3.09. The van der Waals surface area contributed by atoms with Crippen molar-refractivity contribution in [2.45, 2.75) is 27.3 Å². The summed E-state index contributed by atoms with van der Waals surface area (Å²) in [6.45, 7) is 6.64. The van der Waals surface area contributed by atoms with Crippen molar-refractivity contribution in [3.8, 4) is 0 Å². The van der Waals surface area contributed by atoms with Crippen LogP contribution in [0.5, 0.6) is 0 Å². The van der Waals surface area contributed by atoms with Crippen LogP contribution in [0.1, 0.15) is 20.8 Å². The van der Waals surface area contributed by atoms with Crippen molar-refractivity contribution in [2.75, 3.05) is 5.75 Å². The van der Waals surface area contributed by atoms with Gasteiger partial charge in [-0.15, -0.1) is 0 Å². The number of hydrogen-bond acceptors (Lipinski definition) is 4. The molecule has 0 saturated carbocycles. The Hall–Kier alpha value is -1.30. The molecule has 1 unspecified atom stereocenters. The molecule has 18 heavy (non-hydrogen) atoms. The lowest BCUT2D eigenvalue weighted by Gasteiger charge is -2.29. The van der Waals surface area contributed by atoms with Gasteiger partial charge in [0, 0.05) is 18.8 Å². The Morgan fingerprint density at radius 3 is 2.56 bits per heavy atom. The fourth-order valence-electron chi connectivity index (χ4n) is 1.65. The number of hydrogen-bond donors (Lipinski definition) is 1. The maximum absolute atomic E-state index is 11.9. The van der Waals surface area contributed by atoms with Crippen molar-refractivity contribution in [2.24, 2.45) is 11.3 Å². The zero-order valence-electron chi connectivity index (χ0n) is 10.8. The highest BCUT2D eigenvalue weighted by molar-refractivity contribution is 7.80. The molecule has 0 fully saturated rings. The van der Waals surface area contributed by atoms with Gasteiger partial charge in [-0.2, -0.15) is 12.6 Å². The number of aromatic nitrogens is 1. The smallest absolute Gasteiger partial charge is 0.309 e. The quantitative estimate of drug-likeness (QED) is 0.519. The molecule has 0 N–H and O–H groups in total. The molecule has 0 amide bonds. The van der Waals surface area contributed by atoms with E-state index in [2.05, 4.69) is 33.4 Å². The molecular formula is C12H18N2O3S. The van der Waals surface area contributed by atoms with Gasteiger partial charge in [0.1, 0.15) is 0 Å². The van der Waals surface area contributed by atoms with Gasteiger partial charge in [0.25, 0.3) is 0 Å². The second-order valence-corrected chi connectivity index (χ2v) is 5.72. The molecule has 0 aliphatic heterocycles. The van der Waals surface area contributed by atoms with Crippen molar-refractivity contribution < 1.29 is 4.92 Å². The normalized spacial score (nSPS) is 13.3. The number of rotatable bonds is 4. The molecular weight excluding hydrogens is 252 g/mol. The summed E-state index contributed by atoms with van der Waals surface area (Å²) in [5.74, 6) is 0.791. The lowest BCUT2D eigenvalue weighted by Crippen LogP contribution is -2.32. The predicted molar refractivity (Wildman–Crippen MR) is 74.2 cm³/mol. The Labute approximate surface area is 111 Å². The molecule has 5 nitrogen and oxygen atoms in total. The lowest BCUT2D eigenvalue weighted by molar-refractivity contribution is -0.386. The zero-order valence-corrected chi connectivity index (χ0v) is 11.7. The van der Waals surface area contributed by atoms with Crippen molar-refractivity contribution in [3.63, 3.8) is 0 Å². The first-order valence-electron chi connectivity index (χ1n) is 5.72. The number of nitrogens with zero attached hydrogens (tertiary/aromatic N) is 2. The van der Waals surface area contributed by atoms with Crippen LogP contribution in [0.4, 0.5) is 5.69 Å². The molecule has 1 aromatic rings. The van der Waals surface area contributed by atoms with Gasteiger partial charge in [0.05, 0.1) is 4.92 Å². The summed E-state index contributed by atoms with van der Waals surface area (Å²) >= 11 is 4.29. The minimum Gasteiger partial charge on any atom is -0.309 e. The van der Waals surface area contributed by atoms with Crippen molar-refractivity contribution >= 4 is 18.3 Å². The molecule has 0 aliphatic rings. The third kappa shape index (κ3) is 3.35. The molecule has 100 valence electrons. The molecule has 1 atom stereocenters. The molecule has 1 aromatic heterocycles. The molecule has 0 radical (unpaired) electrons. The first kappa shape index (κ1) is 14.8. The van der Waals surface area contributed by atoms with Gasteiger partial charge >= 0.3 is 11.2 Å². The highest BCUT2D eigenvalue weighted by Gasteiger charge is 2.25. The summed E-state index contributed by atoms with van der Waals surface area (Å²) in [4.78, 5) is 21.9. The predicted octanol–water partition coefficient (Wildman–Crippen LogP) is 2.35. The third-order valence-electron chi connectivity index (χ3n) is 3.06. The molecule has 0 aliphatic carbocycles. The van der Waals surface area contributed by atoms with Crippen LogP contribution in [0, 0.1) is 21.4 Å². The molecule has 6 heteroatoms. The van der Waals surface area contributed by atoms with Crippen LogP contribution >= 0.6 is 12.6 Å². The van der Waals surface area contributed by atoms with Crippen LogP contribution in [-0.4, -0.2) is 15.2 Å².